The normalized spacial score (nSPS) is 11.8. The van der Waals surface area contributed by atoms with Crippen molar-refractivity contribution in [3.05, 3.63) is 69.4 Å². The van der Waals surface area contributed by atoms with E-state index in [9.17, 15) is 26.8 Å². The van der Waals surface area contributed by atoms with E-state index in [0.717, 1.165) is 33.8 Å². The minimum atomic E-state index is -4.76. The van der Waals surface area contributed by atoms with Crippen LogP contribution in [0.25, 0.3) is 20.7 Å². The molecule has 0 aliphatic carbocycles. The third kappa shape index (κ3) is 3.53. The summed E-state index contributed by atoms with van der Waals surface area (Å²) in [5, 5.41) is 4.07. The van der Waals surface area contributed by atoms with Gasteiger partial charge in [-0.3, -0.25) is 15.0 Å². The first-order chi connectivity index (χ1) is 14.3. The van der Waals surface area contributed by atoms with Crippen LogP contribution in [0.1, 0.15) is 10.4 Å². The molecule has 0 saturated heterocycles. The minimum absolute atomic E-state index is 0.0148. The Hall–Kier alpha value is -2.96. The zero-order chi connectivity index (χ0) is 21.5. The zero-order valence-corrected chi connectivity index (χ0v) is 17.2. The van der Waals surface area contributed by atoms with Gasteiger partial charge in [-0.15, -0.1) is 22.7 Å². The second-order valence-corrected chi connectivity index (χ2v) is 9.72. The first-order valence-electron chi connectivity index (χ1n) is 8.25. The van der Waals surface area contributed by atoms with Crippen molar-refractivity contribution < 1.29 is 22.0 Å². The third-order valence-corrected chi connectivity index (χ3v) is 7.37. The predicted molar refractivity (Wildman–Crippen MR) is 111 cm³/mol. The number of nitrogens with one attached hydrogen (secondary N) is 1. The Morgan fingerprint density at radius 1 is 1.13 bits per heavy atom. The van der Waals surface area contributed by atoms with Crippen molar-refractivity contribution in [1.82, 2.24) is 9.66 Å². The Morgan fingerprint density at radius 2 is 1.87 bits per heavy atom. The van der Waals surface area contributed by atoms with Crippen molar-refractivity contribution in [3.63, 3.8) is 0 Å². The molecule has 4 rings (SSSR count). The van der Waals surface area contributed by atoms with Gasteiger partial charge in [0, 0.05) is 21.4 Å². The van der Waals surface area contributed by atoms with E-state index in [1.807, 2.05) is 22.9 Å². The Kier molecular flexibility index (Phi) is 5.22. The van der Waals surface area contributed by atoms with Gasteiger partial charge in [-0.05, 0) is 35.7 Å². The van der Waals surface area contributed by atoms with Gasteiger partial charge >= 0.3 is 5.76 Å². The number of thiophene rings is 2. The van der Waals surface area contributed by atoms with Crippen LogP contribution in [-0.4, -0.2) is 29.7 Å². The van der Waals surface area contributed by atoms with Crippen LogP contribution in [0.5, 0.6) is 0 Å². The van der Waals surface area contributed by atoms with Crippen LogP contribution in [0.4, 0.5) is 8.78 Å². The maximum absolute atomic E-state index is 12.9. The number of rotatable bonds is 5. The summed E-state index contributed by atoms with van der Waals surface area (Å²) in [6.07, 6.45) is 1.17. The smallest absolute Gasteiger partial charge is 0.267 e. The third-order valence-electron chi connectivity index (χ3n) is 4.18. The van der Waals surface area contributed by atoms with Crippen molar-refractivity contribution in [2.24, 2.45) is 0 Å². The summed E-state index contributed by atoms with van der Waals surface area (Å²) >= 11 is 2.77. The molecular formula is C18H11F2N3O4S3. The Balaban J connectivity index is 1.65. The number of carbonyl (C=O) groups excluding carboxylic acids is 1. The highest BCUT2D eigenvalue weighted by atomic mass is 32.2. The van der Waals surface area contributed by atoms with Crippen LogP contribution >= 0.6 is 22.7 Å². The summed E-state index contributed by atoms with van der Waals surface area (Å²) in [4.78, 5) is 30.4. The van der Waals surface area contributed by atoms with Gasteiger partial charge < -0.3 is 0 Å². The molecule has 12 heteroatoms. The number of fused-ring (bicyclic) bond motifs is 1. The van der Waals surface area contributed by atoms with E-state index in [-0.39, 0.29) is 5.56 Å². The number of aromatic nitrogens is 2. The molecule has 1 amide bonds. The quantitative estimate of drug-likeness (QED) is 0.484. The number of hydrogen-bond donors (Lipinski definition) is 1. The lowest BCUT2D eigenvalue weighted by atomic mass is 10.2. The molecule has 0 aliphatic heterocycles. The molecule has 0 radical (unpaired) electrons. The SMILES string of the molecule is O=C(Nn1cnc2scc(-c3cccs3)c2c1=O)c1ccc(S(=O)(=O)C(F)F)cc1. The van der Waals surface area contributed by atoms with Gasteiger partial charge in [0.05, 0.1) is 10.3 Å². The number of alkyl halides is 2. The second-order valence-electron chi connectivity index (χ2n) is 6.00. The lowest BCUT2D eigenvalue weighted by Gasteiger charge is -2.09. The molecule has 154 valence electrons. The van der Waals surface area contributed by atoms with Crippen LogP contribution in [-0.2, 0) is 9.84 Å². The fraction of sp³-hybridized carbons (Fsp3) is 0.0556. The van der Waals surface area contributed by atoms with Gasteiger partial charge in [0.2, 0.25) is 9.84 Å². The molecule has 0 spiro atoms. The number of sulfone groups is 1. The maximum atomic E-state index is 12.9. The summed E-state index contributed by atoms with van der Waals surface area (Å²) < 4.78 is 49.1. The Labute approximate surface area is 176 Å². The highest BCUT2D eigenvalue weighted by Crippen LogP contribution is 2.33. The molecule has 0 saturated carbocycles. The minimum Gasteiger partial charge on any atom is -0.267 e. The summed E-state index contributed by atoms with van der Waals surface area (Å²) in [5.74, 6) is -4.29. The summed E-state index contributed by atoms with van der Waals surface area (Å²) in [7, 11) is -4.76. The first-order valence-corrected chi connectivity index (χ1v) is 11.6. The molecule has 0 aliphatic rings. The van der Waals surface area contributed by atoms with Gasteiger partial charge in [-0.1, -0.05) is 6.07 Å². The fourth-order valence-electron chi connectivity index (χ4n) is 2.70. The average Bonchev–Trinajstić information content (AvgIpc) is 3.39. The molecule has 4 aromatic rings. The summed E-state index contributed by atoms with van der Waals surface area (Å²) in [5.41, 5.74) is 2.60. The molecule has 3 heterocycles. The number of carbonyl (C=O) groups is 1. The standard InChI is InChI=1S/C18H11F2N3O4S3/c19-18(20)30(26,27)11-5-3-10(4-6-11)15(24)22-23-9-21-16-14(17(23)25)12(8-29-16)13-2-1-7-28-13/h1-9,18H,(H,22,24). The van der Waals surface area contributed by atoms with Crippen molar-refractivity contribution in [3.8, 4) is 10.4 Å². The molecular weight excluding hydrogens is 456 g/mol. The van der Waals surface area contributed by atoms with Crippen LogP contribution in [0, 0.1) is 0 Å². The van der Waals surface area contributed by atoms with E-state index in [4.69, 9.17) is 0 Å². The van der Waals surface area contributed by atoms with Crippen molar-refractivity contribution in [1.29, 1.82) is 0 Å². The lowest BCUT2D eigenvalue weighted by Crippen LogP contribution is -2.33. The van der Waals surface area contributed by atoms with Crippen LogP contribution in [0.2, 0.25) is 0 Å². The Bertz CT molecular complexity index is 1390. The molecule has 0 bridgehead atoms. The summed E-state index contributed by atoms with van der Waals surface area (Å²) in [6, 6.07) is 7.73. The number of benzene rings is 1. The second kappa shape index (κ2) is 7.70. The van der Waals surface area contributed by atoms with Gasteiger partial charge in [0.25, 0.3) is 11.5 Å². The Morgan fingerprint density at radius 3 is 2.50 bits per heavy atom. The maximum Gasteiger partial charge on any atom is 0.341 e. The summed E-state index contributed by atoms with van der Waals surface area (Å²) in [6.45, 7) is 0. The van der Waals surface area contributed by atoms with E-state index in [1.165, 1.54) is 29.0 Å². The average molecular weight is 468 g/mol. The molecule has 0 unspecified atom stereocenters. The van der Waals surface area contributed by atoms with Crippen molar-refractivity contribution >= 4 is 48.6 Å². The predicted octanol–water partition coefficient (Wildman–Crippen LogP) is 3.57. The van der Waals surface area contributed by atoms with E-state index in [1.54, 1.807) is 0 Å². The van der Waals surface area contributed by atoms with Crippen molar-refractivity contribution in [2.75, 3.05) is 5.43 Å². The van der Waals surface area contributed by atoms with Gasteiger partial charge in [0.15, 0.2) is 0 Å². The number of hydrogen-bond acceptors (Lipinski definition) is 7. The van der Waals surface area contributed by atoms with E-state index >= 15 is 0 Å². The van der Waals surface area contributed by atoms with E-state index < -0.39 is 32.0 Å². The fourth-order valence-corrected chi connectivity index (χ4v) is 5.14. The van der Waals surface area contributed by atoms with Crippen molar-refractivity contribution in [2.45, 2.75) is 10.7 Å². The molecule has 0 atom stereocenters. The van der Waals surface area contributed by atoms with Gasteiger partial charge in [-0.2, -0.15) is 8.78 Å². The number of nitrogens with zero attached hydrogens (tertiary/aromatic N) is 2. The molecule has 30 heavy (non-hydrogen) atoms. The van der Waals surface area contributed by atoms with Crippen LogP contribution in [0.15, 0.2) is 63.2 Å². The molecule has 1 aromatic carbocycles. The molecule has 1 N–H and O–H groups in total. The highest BCUT2D eigenvalue weighted by molar-refractivity contribution is 7.91. The number of halogens is 2. The largest absolute Gasteiger partial charge is 0.341 e. The van der Waals surface area contributed by atoms with Gasteiger partial charge in [-0.25, -0.2) is 18.1 Å². The zero-order valence-electron chi connectivity index (χ0n) is 14.8. The number of amides is 1. The van der Waals surface area contributed by atoms with E-state index in [0.29, 0.717) is 15.8 Å². The van der Waals surface area contributed by atoms with Gasteiger partial charge in [0.1, 0.15) is 11.2 Å². The van der Waals surface area contributed by atoms with E-state index in [2.05, 4.69) is 10.4 Å². The lowest BCUT2D eigenvalue weighted by molar-refractivity contribution is 0.101. The van der Waals surface area contributed by atoms with Crippen LogP contribution in [0.3, 0.4) is 0 Å². The molecule has 0 fully saturated rings. The topological polar surface area (TPSA) is 98.1 Å². The van der Waals surface area contributed by atoms with Crippen LogP contribution < -0.4 is 11.0 Å². The molecule has 7 nitrogen and oxygen atoms in total. The highest BCUT2D eigenvalue weighted by Gasteiger charge is 2.26. The first kappa shape index (κ1) is 20.3. The monoisotopic (exact) mass is 467 g/mol. The molecule has 3 aromatic heterocycles.